The van der Waals surface area contributed by atoms with Crippen LogP contribution < -0.4 is 10.6 Å². The molecule has 1 aromatic carbocycles. The first-order valence-electron chi connectivity index (χ1n) is 14.5. The van der Waals surface area contributed by atoms with E-state index in [0.717, 1.165) is 17.3 Å². The smallest absolute Gasteiger partial charge is 0.246 e. The Labute approximate surface area is 269 Å². The van der Waals surface area contributed by atoms with Crippen molar-refractivity contribution >= 4 is 63.1 Å². The molecule has 1 unspecified atom stereocenters. The van der Waals surface area contributed by atoms with Crippen LogP contribution in [0.1, 0.15) is 43.5 Å². The molecular weight excluding hydrogens is 620 g/mol. The Hall–Kier alpha value is -4.19. The van der Waals surface area contributed by atoms with Crippen LogP contribution >= 0.6 is 23.2 Å². The molecule has 45 heavy (non-hydrogen) atoms. The highest BCUT2D eigenvalue weighted by atomic mass is 35.5. The van der Waals surface area contributed by atoms with E-state index in [-0.39, 0.29) is 50.7 Å². The number of hydrogen-bond acceptors (Lipinski definition) is 9. The lowest BCUT2D eigenvalue weighted by atomic mass is 9.99. The second kappa shape index (κ2) is 11.6. The zero-order valence-corrected chi connectivity index (χ0v) is 26.7. The predicted molar refractivity (Wildman–Crippen MR) is 175 cm³/mol. The van der Waals surface area contributed by atoms with Gasteiger partial charge in [0.15, 0.2) is 11.4 Å². The molecule has 2 atom stereocenters. The quantitative estimate of drug-likeness (QED) is 0.151. The minimum Gasteiger partial charge on any atom is -0.463 e. The van der Waals surface area contributed by atoms with Crippen molar-refractivity contribution in [1.29, 1.82) is 0 Å². The summed E-state index contributed by atoms with van der Waals surface area (Å²) in [4.78, 5) is 32.3. The standard InChI is InChI=1S/C32H32Cl2FN7O3/c1-6-21(43)40-10-11-41(17(5)14-40)30-23-29-18(8-12-45-29)27(22-24(33)19(35)13-20(36)25(22)34)38-31(23)42(32(44)39-30)28-16(4)7-9-37-26(28)15(2)3/h6-9,12-13,15,17,32,44H,1,10-11,14,36H2,2-5H3/t17-,32?/m0/s1. The molecule has 234 valence electrons. The minimum absolute atomic E-state index is 0.00478. The molecule has 1 saturated heterocycles. The number of nitrogen functional groups attached to an aromatic ring is 1. The maximum absolute atomic E-state index is 15.0. The predicted octanol–water partition coefficient (Wildman–Crippen LogP) is 6.24. The van der Waals surface area contributed by atoms with Crippen molar-refractivity contribution in [3.63, 3.8) is 0 Å². The number of aliphatic imine (C=N–C) groups is 1. The lowest BCUT2D eigenvalue weighted by Gasteiger charge is -2.44. The SMILES string of the molecule is C=CC(=O)N1CCN(C2=NC(O)N(c3c(C)ccnc3C(C)C)c3nc(-c4c(Cl)c(N)cc(F)c4Cl)c4ccoc4c32)[C@@H](C)C1. The van der Waals surface area contributed by atoms with Crippen LogP contribution in [0.4, 0.5) is 21.6 Å². The zero-order valence-electron chi connectivity index (χ0n) is 25.2. The monoisotopic (exact) mass is 651 g/mol. The van der Waals surface area contributed by atoms with Gasteiger partial charge in [-0.2, -0.15) is 0 Å². The summed E-state index contributed by atoms with van der Waals surface area (Å²) < 4.78 is 21.1. The number of amides is 1. The molecule has 1 amide bonds. The molecular formula is C32H32Cl2FN7O3. The average Bonchev–Trinajstić information content (AvgIpc) is 3.50. The highest BCUT2D eigenvalue weighted by Gasteiger charge is 2.40. The molecule has 0 aliphatic carbocycles. The normalized spacial score (nSPS) is 18.4. The molecule has 3 aromatic heterocycles. The lowest BCUT2D eigenvalue weighted by molar-refractivity contribution is -0.128. The summed E-state index contributed by atoms with van der Waals surface area (Å²) in [5.41, 5.74) is 9.45. The van der Waals surface area contributed by atoms with Gasteiger partial charge in [-0.1, -0.05) is 43.6 Å². The van der Waals surface area contributed by atoms with E-state index < -0.39 is 12.2 Å². The number of carbonyl (C=O) groups is 1. The summed E-state index contributed by atoms with van der Waals surface area (Å²) in [7, 11) is 0. The first-order valence-corrected chi connectivity index (χ1v) is 15.2. The van der Waals surface area contributed by atoms with Gasteiger partial charge in [-0.15, -0.1) is 0 Å². The number of halogens is 3. The van der Waals surface area contributed by atoms with Crippen molar-refractivity contribution in [2.75, 3.05) is 30.3 Å². The fourth-order valence-electron chi connectivity index (χ4n) is 6.10. The van der Waals surface area contributed by atoms with Crippen molar-refractivity contribution in [3.05, 3.63) is 76.0 Å². The van der Waals surface area contributed by atoms with Crippen molar-refractivity contribution < 1.29 is 18.7 Å². The fourth-order valence-corrected chi connectivity index (χ4v) is 6.63. The number of nitrogens with two attached hydrogens (primary N) is 1. The Balaban J connectivity index is 1.65. The number of furan rings is 1. The molecule has 0 spiro atoms. The van der Waals surface area contributed by atoms with E-state index in [1.165, 1.54) is 12.3 Å². The van der Waals surface area contributed by atoms with E-state index in [4.69, 9.17) is 43.3 Å². The molecule has 2 aliphatic heterocycles. The van der Waals surface area contributed by atoms with Gasteiger partial charge in [0.1, 0.15) is 17.2 Å². The van der Waals surface area contributed by atoms with E-state index >= 15 is 0 Å². The van der Waals surface area contributed by atoms with E-state index in [1.807, 2.05) is 38.7 Å². The maximum Gasteiger partial charge on any atom is 0.246 e. The van der Waals surface area contributed by atoms with Crippen LogP contribution in [0.3, 0.4) is 0 Å². The molecule has 0 saturated carbocycles. The number of piperazine rings is 1. The number of aromatic nitrogens is 2. The summed E-state index contributed by atoms with van der Waals surface area (Å²) in [6.45, 7) is 12.8. The van der Waals surface area contributed by atoms with Crippen LogP contribution in [0, 0.1) is 12.7 Å². The third-order valence-electron chi connectivity index (χ3n) is 8.26. The van der Waals surface area contributed by atoms with Crippen molar-refractivity contribution in [1.82, 2.24) is 19.8 Å². The molecule has 5 heterocycles. The zero-order chi connectivity index (χ0) is 32.3. The van der Waals surface area contributed by atoms with E-state index in [0.29, 0.717) is 47.7 Å². The summed E-state index contributed by atoms with van der Waals surface area (Å²) in [5, 5.41) is 12.1. The molecule has 6 rings (SSSR count). The van der Waals surface area contributed by atoms with Crippen LogP contribution in [0.2, 0.25) is 10.0 Å². The maximum atomic E-state index is 15.0. The largest absolute Gasteiger partial charge is 0.463 e. The highest BCUT2D eigenvalue weighted by Crippen LogP contribution is 2.47. The summed E-state index contributed by atoms with van der Waals surface area (Å²) in [6.07, 6.45) is 3.08. The highest BCUT2D eigenvalue weighted by molar-refractivity contribution is 6.41. The number of hydrogen-bond donors (Lipinski definition) is 2. The number of fused-ring (bicyclic) bond motifs is 3. The van der Waals surface area contributed by atoms with Gasteiger partial charge in [0.2, 0.25) is 12.3 Å². The Kier molecular flexibility index (Phi) is 7.96. The van der Waals surface area contributed by atoms with E-state index in [1.54, 1.807) is 22.1 Å². The van der Waals surface area contributed by atoms with Gasteiger partial charge >= 0.3 is 0 Å². The second-order valence-electron chi connectivity index (χ2n) is 11.5. The Morgan fingerprint density at radius 2 is 2.00 bits per heavy atom. The molecule has 13 heteroatoms. The van der Waals surface area contributed by atoms with Crippen molar-refractivity contribution in [2.45, 2.75) is 46.0 Å². The number of aliphatic hydroxyl groups excluding tert-OH is 1. The Bertz CT molecular complexity index is 1870. The van der Waals surface area contributed by atoms with E-state index in [2.05, 4.69) is 11.6 Å². The van der Waals surface area contributed by atoms with Gasteiger partial charge in [-0.3, -0.25) is 14.7 Å². The van der Waals surface area contributed by atoms with Crippen molar-refractivity contribution in [2.24, 2.45) is 4.99 Å². The van der Waals surface area contributed by atoms with Gasteiger partial charge in [0.05, 0.1) is 39.1 Å². The fraction of sp³-hybridized carbons (Fsp3) is 0.312. The number of rotatable bonds is 4. The van der Waals surface area contributed by atoms with Crippen LogP contribution in [0.25, 0.3) is 22.2 Å². The number of aryl methyl sites for hydroxylation is 1. The molecule has 2 aliphatic rings. The van der Waals surface area contributed by atoms with Crippen LogP contribution in [-0.2, 0) is 4.79 Å². The van der Waals surface area contributed by atoms with Crippen LogP contribution in [0.15, 0.2) is 52.7 Å². The minimum atomic E-state index is -1.43. The number of nitrogens with zero attached hydrogens (tertiary/aromatic N) is 6. The molecule has 4 aromatic rings. The van der Waals surface area contributed by atoms with Crippen LogP contribution in [-0.4, -0.2) is 68.6 Å². The van der Waals surface area contributed by atoms with Gasteiger partial charge < -0.3 is 25.1 Å². The Morgan fingerprint density at radius 3 is 2.69 bits per heavy atom. The number of benzene rings is 1. The molecule has 0 radical (unpaired) electrons. The first-order chi connectivity index (χ1) is 21.4. The van der Waals surface area contributed by atoms with Crippen molar-refractivity contribution in [3.8, 4) is 11.3 Å². The topological polar surface area (TPSA) is 124 Å². The van der Waals surface area contributed by atoms with Crippen LogP contribution in [0.5, 0.6) is 0 Å². The van der Waals surface area contributed by atoms with Gasteiger partial charge in [-0.05, 0) is 49.6 Å². The van der Waals surface area contributed by atoms with Gasteiger partial charge in [0.25, 0.3) is 0 Å². The second-order valence-corrected chi connectivity index (χ2v) is 12.2. The number of carbonyl (C=O) groups excluding carboxylic acids is 1. The molecule has 1 fully saturated rings. The van der Waals surface area contributed by atoms with E-state index in [9.17, 15) is 14.3 Å². The van der Waals surface area contributed by atoms with Gasteiger partial charge in [0, 0.05) is 42.8 Å². The first kappa shape index (κ1) is 30.8. The lowest BCUT2D eigenvalue weighted by Crippen LogP contribution is -2.56. The number of anilines is 3. The summed E-state index contributed by atoms with van der Waals surface area (Å²) >= 11 is 13.2. The average molecular weight is 653 g/mol. The molecule has 0 bridgehead atoms. The number of aliphatic hydroxyl groups is 1. The number of pyridine rings is 2. The van der Waals surface area contributed by atoms with Gasteiger partial charge in [-0.25, -0.2) is 14.4 Å². The summed E-state index contributed by atoms with van der Waals surface area (Å²) in [5.74, 6) is -0.205. The Morgan fingerprint density at radius 1 is 1.24 bits per heavy atom. The third kappa shape index (κ3) is 4.99. The summed E-state index contributed by atoms with van der Waals surface area (Å²) in [6, 6.07) is 4.41. The number of amidine groups is 1. The third-order valence-corrected chi connectivity index (χ3v) is 9.03. The molecule has 3 N–H and O–H groups in total. The molecule has 10 nitrogen and oxygen atoms in total.